The quantitative estimate of drug-likeness (QED) is 0.679. The molecule has 1 aliphatic carbocycles. The number of fused-ring (bicyclic) bond motifs is 1. The van der Waals surface area contributed by atoms with Gasteiger partial charge in [0.25, 0.3) is 5.56 Å². The van der Waals surface area contributed by atoms with Crippen molar-refractivity contribution < 1.29 is 4.90 Å². The molecule has 164 valence electrons. The Bertz CT molecular complexity index is 1110. The molecule has 7 heteroatoms. The number of H-pyrrole nitrogens is 1. The highest BCUT2D eigenvalue weighted by atomic mass is 16.1. The summed E-state index contributed by atoms with van der Waals surface area (Å²) in [6.07, 6.45) is 8.37. The van der Waals surface area contributed by atoms with Crippen molar-refractivity contribution in [1.82, 2.24) is 25.2 Å². The number of nitrogens with one attached hydrogen (secondary N) is 2. The number of hydrogen-bond acceptors (Lipinski definition) is 4. The van der Waals surface area contributed by atoms with Crippen LogP contribution in [0.4, 0.5) is 0 Å². The second-order valence-electron chi connectivity index (χ2n) is 9.71. The maximum Gasteiger partial charge on any atom is 0.258 e. The fraction of sp³-hybridized carbons (Fsp3) is 0.583. The lowest BCUT2D eigenvalue weighted by Crippen LogP contribution is -3.14. The first-order chi connectivity index (χ1) is 15.1. The highest BCUT2D eigenvalue weighted by Gasteiger charge is 2.37. The zero-order valence-electron chi connectivity index (χ0n) is 18.6. The van der Waals surface area contributed by atoms with Crippen molar-refractivity contribution in [1.29, 1.82) is 0 Å². The Hall–Kier alpha value is -2.54. The molecule has 0 bridgehead atoms. The van der Waals surface area contributed by atoms with Crippen LogP contribution in [0.15, 0.2) is 29.1 Å². The monoisotopic (exact) mass is 421 g/mol. The predicted octanol–water partition coefficient (Wildman–Crippen LogP) is 2.73. The number of aryl methyl sites for hydroxylation is 1. The van der Waals surface area contributed by atoms with E-state index in [1.165, 1.54) is 42.6 Å². The molecule has 1 saturated heterocycles. The maximum atomic E-state index is 13.3. The van der Waals surface area contributed by atoms with Crippen LogP contribution in [0.25, 0.3) is 10.9 Å². The lowest BCUT2D eigenvalue weighted by molar-refractivity contribution is -0.934. The van der Waals surface area contributed by atoms with Crippen LogP contribution in [-0.2, 0) is 0 Å². The molecule has 3 atom stereocenters. The molecule has 2 aliphatic rings. The van der Waals surface area contributed by atoms with Crippen LogP contribution in [0, 0.1) is 12.8 Å². The van der Waals surface area contributed by atoms with Crippen molar-refractivity contribution in [3.05, 3.63) is 51.6 Å². The molecule has 2 fully saturated rings. The first-order valence-electron chi connectivity index (χ1n) is 11.9. The normalized spacial score (nSPS) is 23.8. The number of benzene rings is 1. The minimum Gasteiger partial charge on any atom is -0.322 e. The van der Waals surface area contributed by atoms with Gasteiger partial charge in [-0.3, -0.25) is 4.79 Å². The standard InChI is InChI=1S/C24H32N6O/c1-16-10-11-21-18(13-16)14-20(24(31)25-21)22(29-12-6-7-17(2)15-29)23-26-27-28-30(23)19-8-4-3-5-9-19/h10-11,13-14,17,19,22H,3-9,12,15H2,1-2H3,(H,25,31)/p+1/t17-,22-/m0/s1. The summed E-state index contributed by atoms with van der Waals surface area (Å²) in [4.78, 5) is 17.9. The molecule has 1 aromatic carbocycles. The number of tetrazole rings is 1. The Morgan fingerprint density at radius 1 is 1.13 bits per heavy atom. The van der Waals surface area contributed by atoms with Gasteiger partial charge in [0.1, 0.15) is 0 Å². The molecule has 1 unspecified atom stereocenters. The van der Waals surface area contributed by atoms with Gasteiger partial charge >= 0.3 is 0 Å². The second kappa shape index (κ2) is 8.54. The zero-order valence-corrected chi connectivity index (χ0v) is 18.6. The number of hydrogen-bond donors (Lipinski definition) is 2. The van der Waals surface area contributed by atoms with Gasteiger partial charge in [0.15, 0.2) is 6.04 Å². The van der Waals surface area contributed by atoms with Crippen molar-refractivity contribution in [2.24, 2.45) is 5.92 Å². The molecule has 1 aliphatic heterocycles. The third-order valence-electron chi connectivity index (χ3n) is 7.25. The molecule has 31 heavy (non-hydrogen) atoms. The summed E-state index contributed by atoms with van der Waals surface area (Å²) in [6.45, 7) is 6.47. The number of pyridine rings is 1. The van der Waals surface area contributed by atoms with Crippen molar-refractivity contribution in [2.75, 3.05) is 13.1 Å². The molecular weight excluding hydrogens is 388 g/mol. The number of aromatic amines is 1. The lowest BCUT2D eigenvalue weighted by atomic mass is 9.93. The highest BCUT2D eigenvalue weighted by molar-refractivity contribution is 5.79. The van der Waals surface area contributed by atoms with Gasteiger partial charge in [-0.1, -0.05) is 37.8 Å². The fourth-order valence-electron chi connectivity index (χ4n) is 5.67. The average Bonchev–Trinajstić information content (AvgIpc) is 3.25. The van der Waals surface area contributed by atoms with Gasteiger partial charge in [0, 0.05) is 11.4 Å². The van der Waals surface area contributed by atoms with E-state index < -0.39 is 0 Å². The summed E-state index contributed by atoms with van der Waals surface area (Å²) in [5.41, 5.74) is 2.83. The van der Waals surface area contributed by atoms with Crippen LogP contribution in [0.1, 0.15) is 80.9 Å². The first-order valence-corrected chi connectivity index (χ1v) is 11.9. The first kappa shape index (κ1) is 20.4. The minimum absolute atomic E-state index is 0.0229. The summed E-state index contributed by atoms with van der Waals surface area (Å²) in [7, 11) is 0. The van der Waals surface area contributed by atoms with Gasteiger partial charge in [-0.15, -0.1) is 5.10 Å². The topological polar surface area (TPSA) is 80.9 Å². The van der Waals surface area contributed by atoms with Crippen LogP contribution in [0.3, 0.4) is 0 Å². The smallest absolute Gasteiger partial charge is 0.258 e. The van der Waals surface area contributed by atoms with Crippen LogP contribution < -0.4 is 10.5 Å². The summed E-state index contributed by atoms with van der Waals surface area (Å²) >= 11 is 0. The van der Waals surface area contributed by atoms with Gasteiger partial charge in [-0.25, -0.2) is 4.68 Å². The van der Waals surface area contributed by atoms with E-state index in [4.69, 9.17) is 0 Å². The van der Waals surface area contributed by atoms with E-state index in [2.05, 4.69) is 51.2 Å². The van der Waals surface area contributed by atoms with Crippen molar-refractivity contribution >= 4 is 10.9 Å². The molecule has 3 aromatic rings. The lowest BCUT2D eigenvalue weighted by Gasteiger charge is -2.34. The summed E-state index contributed by atoms with van der Waals surface area (Å²) in [6, 6.07) is 8.45. The van der Waals surface area contributed by atoms with Gasteiger partial charge in [0.2, 0.25) is 5.82 Å². The Balaban J connectivity index is 1.64. The number of nitrogens with zero attached hydrogens (tertiary/aromatic N) is 4. The van der Waals surface area contributed by atoms with E-state index in [0.717, 1.165) is 48.2 Å². The minimum atomic E-state index is -0.145. The molecular formula is C24H33N6O+. The van der Waals surface area contributed by atoms with Crippen LogP contribution in [0.5, 0.6) is 0 Å². The summed E-state index contributed by atoms with van der Waals surface area (Å²) in [5.74, 6) is 1.49. The number of quaternary nitrogens is 1. The SMILES string of the molecule is Cc1ccc2[nH]c(=O)c([C@@H](c3nnnn3C3CCCCC3)[NH+]3CCC[C@H](C)C3)cc2c1. The number of piperidine rings is 1. The molecule has 5 rings (SSSR count). The highest BCUT2D eigenvalue weighted by Crippen LogP contribution is 2.30. The number of likely N-dealkylation sites (tertiary alicyclic amines) is 1. The molecule has 2 N–H and O–H groups in total. The third kappa shape index (κ3) is 4.03. The van der Waals surface area contributed by atoms with Crippen molar-refractivity contribution in [3.63, 3.8) is 0 Å². The van der Waals surface area contributed by atoms with E-state index in [9.17, 15) is 4.79 Å². The Labute approximate surface area is 182 Å². The van der Waals surface area contributed by atoms with Crippen LogP contribution >= 0.6 is 0 Å². The maximum absolute atomic E-state index is 13.3. The Morgan fingerprint density at radius 3 is 2.77 bits per heavy atom. The molecule has 2 aromatic heterocycles. The average molecular weight is 422 g/mol. The Morgan fingerprint density at radius 2 is 1.97 bits per heavy atom. The molecule has 3 heterocycles. The van der Waals surface area contributed by atoms with Gasteiger partial charge < -0.3 is 9.88 Å². The molecule has 0 spiro atoms. The summed E-state index contributed by atoms with van der Waals surface area (Å²) < 4.78 is 2.05. The Kier molecular flexibility index (Phi) is 5.61. The van der Waals surface area contributed by atoms with E-state index in [-0.39, 0.29) is 11.6 Å². The van der Waals surface area contributed by atoms with Gasteiger partial charge in [-0.05, 0) is 66.6 Å². The summed E-state index contributed by atoms with van der Waals surface area (Å²) in [5, 5.41) is 14.1. The van der Waals surface area contributed by atoms with Gasteiger partial charge in [0.05, 0.1) is 24.7 Å². The third-order valence-corrected chi connectivity index (χ3v) is 7.25. The fourth-order valence-corrected chi connectivity index (χ4v) is 5.67. The number of aromatic nitrogens is 5. The van der Waals surface area contributed by atoms with E-state index in [1.54, 1.807) is 0 Å². The predicted molar refractivity (Wildman–Crippen MR) is 120 cm³/mol. The van der Waals surface area contributed by atoms with Crippen LogP contribution in [0.2, 0.25) is 0 Å². The zero-order chi connectivity index (χ0) is 21.4. The van der Waals surface area contributed by atoms with E-state index in [1.807, 2.05) is 12.1 Å². The van der Waals surface area contributed by atoms with Gasteiger partial charge in [-0.2, -0.15) is 0 Å². The molecule has 0 radical (unpaired) electrons. The van der Waals surface area contributed by atoms with E-state index >= 15 is 0 Å². The van der Waals surface area contributed by atoms with Crippen LogP contribution in [-0.4, -0.2) is 38.3 Å². The molecule has 7 nitrogen and oxygen atoms in total. The van der Waals surface area contributed by atoms with Crippen molar-refractivity contribution in [2.45, 2.75) is 70.9 Å². The number of rotatable bonds is 4. The largest absolute Gasteiger partial charge is 0.322 e. The molecule has 1 saturated carbocycles. The molecule has 0 amide bonds. The second-order valence-corrected chi connectivity index (χ2v) is 9.71. The van der Waals surface area contributed by atoms with E-state index in [0.29, 0.717) is 12.0 Å². The van der Waals surface area contributed by atoms with Crippen molar-refractivity contribution in [3.8, 4) is 0 Å².